The van der Waals surface area contributed by atoms with Crippen molar-refractivity contribution in [2.75, 3.05) is 0 Å². The quantitative estimate of drug-likeness (QED) is 0.480. The van der Waals surface area contributed by atoms with Crippen molar-refractivity contribution >= 4 is 44.9 Å². The molecule has 116 valence electrons. The predicted octanol–water partition coefficient (Wildman–Crippen LogP) is 4.02. The van der Waals surface area contributed by atoms with Gasteiger partial charge in [-0.25, -0.2) is 9.97 Å². The molecule has 0 aliphatic rings. The molecule has 0 radical (unpaired) electrons. The van der Waals surface area contributed by atoms with E-state index in [0.29, 0.717) is 6.54 Å². The summed E-state index contributed by atoms with van der Waals surface area (Å²) in [6.45, 7) is 0.492. The van der Waals surface area contributed by atoms with Crippen molar-refractivity contribution in [1.82, 2.24) is 19.7 Å². The highest BCUT2D eigenvalue weighted by molar-refractivity contribution is 9.10. The molecule has 2 heterocycles. The van der Waals surface area contributed by atoms with Crippen molar-refractivity contribution in [2.45, 2.75) is 6.54 Å². The molecule has 0 saturated heterocycles. The lowest BCUT2D eigenvalue weighted by Gasteiger charge is -2.02. The van der Waals surface area contributed by atoms with Gasteiger partial charge in [-0.2, -0.15) is 5.10 Å². The average Bonchev–Trinajstić information content (AvgIpc) is 2.87. The molecule has 23 heavy (non-hydrogen) atoms. The zero-order chi connectivity index (χ0) is 16.4. The second-order valence-electron chi connectivity index (χ2n) is 4.71. The molecule has 3 rings (SSSR count). The Hall–Kier alpha value is -1.76. The molecular formula is C15H9BrCl2N4O. The number of ketones is 1. The molecule has 0 saturated carbocycles. The van der Waals surface area contributed by atoms with Crippen molar-refractivity contribution in [3.8, 4) is 0 Å². The minimum Gasteiger partial charge on any atom is -0.287 e. The van der Waals surface area contributed by atoms with Gasteiger partial charge < -0.3 is 0 Å². The van der Waals surface area contributed by atoms with E-state index in [9.17, 15) is 4.79 Å². The fourth-order valence-corrected chi connectivity index (χ4v) is 2.91. The first kappa shape index (κ1) is 16.1. The highest BCUT2D eigenvalue weighted by Gasteiger charge is 2.20. The van der Waals surface area contributed by atoms with Gasteiger partial charge in [0.15, 0.2) is 5.69 Å². The van der Waals surface area contributed by atoms with Crippen molar-refractivity contribution < 1.29 is 4.79 Å². The van der Waals surface area contributed by atoms with Gasteiger partial charge in [-0.05, 0) is 17.7 Å². The van der Waals surface area contributed by atoms with Gasteiger partial charge >= 0.3 is 0 Å². The maximum absolute atomic E-state index is 12.5. The van der Waals surface area contributed by atoms with Crippen LogP contribution in [0.1, 0.15) is 21.6 Å². The van der Waals surface area contributed by atoms with Crippen LogP contribution in [0.15, 0.2) is 47.5 Å². The van der Waals surface area contributed by atoms with Gasteiger partial charge in [0, 0.05) is 16.9 Å². The summed E-state index contributed by atoms with van der Waals surface area (Å²) < 4.78 is 2.58. The van der Waals surface area contributed by atoms with Crippen LogP contribution in [0.25, 0.3) is 0 Å². The molecule has 0 N–H and O–H groups in total. The van der Waals surface area contributed by atoms with Crippen LogP contribution in [0.2, 0.25) is 10.2 Å². The lowest BCUT2D eigenvalue weighted by molar-refractivity contribution is 0.103. The first-order valence-electron chi connectivity index (χ1n) is 6.52. The summed E-state index contributed by atoms with van der Waals surface area (Å²) in [6, 6.07) is 7.80. The number of carbonyl (C=O) groups is 1. The SMILES string of the molecule is O=C(c1cncnc1Cl)c1nn(Cc2cccc(Br)c2)cc1Cl. The summed E-state index contributed by atoms with van der Waals surface area (Å²) in [5.41, 5.74) is 1.32. The summed E-state index contributed by atoms with van der Waals surface area (Å²) in [4.78, 5) is 20.1. The van der Waals surface area contributed by atoms with Crippen LogP contribution in [-0.4, -0.2) is 25.5 Å². The maximum Gasteiger partial charge on any atom is 0.219 e. The van der Waals surface area contributed by atoms with Gasteiger partial charge in [0.05, 0.1) is 17.1 Å². The van der Waals surface area contributed by atoms with Gasteiger partial charge in [0.25, 0.3) is 0 Å². The van der Waals surface area contributed by atoms with Crippen LogP contribution in [0.3, 0.4) is 0 Å². The van der Waals surface area contributed by atoms with Crippen LogP contribution >= 0.6 is 39.1 Å². The Kier molecular flexibility index (Phi) is 4.75. The molecule has 5 nitrogen and oxygen atoms in total. The molecule has 0 bridgehead atoms. The molecule has 0 aliphatic carbocycles. The number of aromatic nitrogens is 4. The number of nitrogens with zero attached hydrogens (tertiary/aromatic N) is 4. The predicted molar refractivity (Wildman–Crippen MR) is 91.0 cm³/mol. The fourth-order valence-electron chi connectivity index (χ4n) is 2.05. The minimum absolute atomic E-state index is 0.0719. The molecule has 1 aromatic carbocycles. The summed E-state index contributed by atoms with van der Waals surface area (Å²) in [5, 5.41) is 4.58. The van der Waals surface area contributed by atoms with Crippen LogP contribution in [0.4, 0.5) is 0 Å². The van der Waals surface area contributed by atoms with Crippen LogP contribution in [0.5, 0.6) is 0 Å². The zero-order valence-corrected chi connectivity index (χ0v) is 14.7. The van der Waals surface area contributed by atoms with Crippen molar-refractivity contribution in [3.05, 3.63) is 74.5 Å². The van der Waals surface area contributed by atoms with E-state index in [1.165, 1.54) is 12.5 Å². The van der Waals surface area contributed by atoms with E-state index < -0.39 is 5.78 Å². The van der Waals surface area contributed by atoms with Gasteiger partial charge in [0.2, 0.25) is 5.78 Å². The standard InChI is InChI=1S/C15H9BrCl2N4O/c16-10-3-1-2-9(4-10)6-22-7-12(17)13(21-22)14(23)11-5-19-8-20-15(11)18/h1-5,7-8H,6H2. The second kappa shape index (κ2) is 6.78. The Morgan fingerprint density at radius 3 is 2.87 bits per heavy atom. The number of benzene rings is 1. The third-order valence-electron chi connectivity index (χ3n) is 3.07. The topological polar surface area (TPSA) is 60.7 Å². The minimum atomic E-state index is -0.409. The molecule has 8 heteroatoms. The number of carbonyl (C=O) groups excluding carboxylic acids is 1. The van der Waals surface area contributed by atoms with Crippen molar-refractivity contribution in [3.63, 3.8) is 0 Å². The van der Waals surface area contributed by atoms with Crippen LogP contribution in [-0.2, 0) is 6.54 Å². The van der Waals surface area contributed by atoms with E-state index in [-0.39, 0.29) is 21.4 Å². The Bertz CT molecular complexity index is 881. The Morgan fingerprint density at radius 2 is 2.13 bits per heavy atom. The lowest BCUT2D eigenvalue weighted by Crippen LogP contribution is -2.07. The summed E-state index contributed by atoms with van der Waals surface area (Å²) in [6.07, 6.45) is 4.22. The lowest BCUT2D eigenvalue weighted by atomic mass is 10.2. The van der Waals surface area contributed by atoms with Gasteiger partial charge in [-0.1, -0.05) is 51.3 Å². The van der Waals surface area contributed by atoms with Crippen LogP contribution < -0.4 is 0 Å². The summed E-state index contributed by atoms with van der Waals surface area (Å²) in [7, 11) is 0. The molecule has 0 spiro atoms. The normalized spacial score (nSPS) is 10.7. The molecule has 0 amide bonds. The average molecular weight is 412 g/mol. The van der Waals surface area contributed by atoms with E-state index in [4.69, 9.17) is 23.2 Å². The highest BCUT2D eigenvalue weighted by Crippen LogP contribution is 2.21. The van der Waals surface area contributed by atoms with E-state index >= 15 is 0 Å². The summed E-state index contributed by atoms with van der Waals surface area (Å²) in [5.74, 6) is -0.409. The number of rotatable bonds is 4. The van der Waals surface area contributed by atoms with E-state index in [0.717, 1.165) is 10.0 Å². The fraction of sp³-hybridized carbons (Fsp3) is 0.0667. The highest BCUT2D eigenvalue weighted by atomic mass is 79.9. The number of hydrogen-bond donors (Lipinski definition) is 0. The van der Waals surface area contributed by atoms with Crippen molar-refractivity contribution in [2.24, 2.45) is 0 Å². The monoisotopic (exact) mass is 410 g/mol. The molecule has 2 aromatic heterocycles. The van der Waals surface area contributed by atoms with Gasteiger partial charge in [-0.3, -0.25) is 9.48 Å². The third-order valence-corrected chi connectivity index (χ3v) is 4.15. The second-order valence-corrected chi connectivity index (χ2v) is 6.39. The van der Waals surface area contributed by atoms with Gasteiger partial charge in [-0.15, -0.1) is 0 Å². The zero-order valence-electron chi connectivity index (χ0n) is 11.6. The largest absolute Gasteiger partial charge is 0.287 e. The molecule has 3 aromatic rings. The Balaban J connectivity index is 1.89. The van der Waals surface area contributed by atoms with E-state index in [1.54, 1.807) is 10.9 Å². The third kappa shape index (κ3) is 3.60. The first-order chi connectivity index (χ1) is 11.0. The van der Waals surface area contributed by atoms with Crippen LogP contribution in [0, 0.1) is 0 Å². The van der Waals surface area contributed by atoms with E-state index in [1.807, 2.05) is 24.3 Å². The molecule has 0 atom stereocenters. The molecule has 0 fully saturated rings. The first-order valence-corrected chi connectivity index (χ1v) is 8.07. The smallest absolute Gasteiger partial charge is 0.219 e. The van der Waals surface area contributed by atoms with Crippen molar-refractivity contribution in [1.29, 1.82) is 0 Å². The Morgan fingerprint density at radius 1 is 1.30 bits per heavy atom. The molecule has 0 aliphatic heterocycles. The van der Waals surface area contributed by atoms with Gasteiger partial charge in [0.1, 0.15) is 11.5 Å². The number of hydrogen-bond acceptors (Lipinski definition) is 4. The number of halogens is 3. The summed E-state index contributed by atoms with van der Waals surface area (Å²) >= 11 is 15.5. The molecule has 0 unspecified atom stereocenters. The Labute approximate surface area is 150 Å². The molecular weight excluding hydrogens is 403 g/mol. The maximum atomic E-state index is 12.5. The van der Waals surface area contributed by atoms with E-state index in [2.05, 4.69) is 31.0 Å².